The van der Waals surface area contributed by atoms with Gasteiger partial charge in [0.1, 0.15) is 0 Å². The molecule has 0 aromatic carbocycles. The van der Waals surface area contributed by atoms with E-state index in [9.17, 15) is 4.79 Å². The van der Waals surface area contributed by atoms with Gasteiger partial charge in [0, 0.05) is 24.2 Å². The molecular formula is C14H19N5OS. The Labute approximate surface area is 128 Å². The van der Waals surface area contributed by atoms with Gasteiger partial charge in [-0.25, -0.2) is 10.8 Å². The van der Waals surface area contributed by atoms with Crippen LogP contribution >= 0.6 is 11.3 Å². The van der Waals surface area contributed by atoms with E-state index in [0.29, 0.717) is 11.6 Å². The van der Waals surface area contributed by atoms with Crippen molar-refractivity contribution in [2.75, 3.05) is 6.54 Å². The van der Waals surface area contributed by atoms with Crippen molar-refractivity contribution in [3.05, 3.63) is 45.7 Å². The summed E-state index contributed by atoms with van der Waals surface area (Å²) >= 11 is 1.30. The molecule has 0 aliphatic carbocycles. The first kappa shape index (κ1) is 15.6. The Bertz CT molecular complexity index is 613. The smallest absolute Gasteiger partial charge is 0.292 e. The Morgan fingerprint density at radius 3 is 2.76 bits per heavy atom. The average Bonchev–Trinajstić information content (AvgIpc) is 2.94. The van der Waals surface area contributed by atoms with E-state index in [1.807, 2.05) is 30.5 Å². The maximum Gasteiger partial charge on any atom is 0.294 e. The highest BCUT2D eigenvalue weighted by molar-refractivity contribution is 7.11. The number of nitrogens with two attached hydrogens (primary N) is 1. The number of aromatic nitrogens is 2. The zero-order valence-corrected chi connectivity index (χ0v) is 13.0. The van der Waals surface area contributed by atoms with Crippen molar-refractivity contribution in [1.82, 2.24) is 20.3 Å². The molecule has 3 N–H and O–H groups in total. The summed E-state index contributed by atoms with van der Waals surface area (Å²) in [5, 5.41) is 2.27. The van der Waals surface area contributed by atoms with Gasteiger partial charge in [-0.15, -0.1) is 11.3 Å². The molecule has 0 saturated heterocycles. The number of hydrazine groups is 1. The predicted octanol–water partition coefficient (Wildman–Crippen LogP) is 1.47. The van der Waals surface area contributed by atoms with Crippen molar-refractivity contribution in [3.63, 3.8) is 0 Å². The van der Waals surface area contributed by atoms with Crippen LogP contribution in [-0.2, 0) is 13.1 Å². The summed E-state index contributed by atoms with van der Waals surface area (Å²) in [5.41, 5.74) is 5.01. The van der Waals surface area contributed by atoms with Gasteiger partial charge in [-0.3, -0.25) is 20.1 Å². The number of hydrogen-bond acceptors (Lipinski definition) is 6. The fourth-order valence-electron chi connectivity index (χ4n) is 1.97. The number of carbonyl (C=O) groups is 1. The summed E-state index contributed by atoms with van der Waals surface area (Å²) in [6, 6.07) is 6.01. The first-order valence-corrected chi connectivity index (χ1v) is 7.60. The Balaban J connectivity index is 2.02. The van der Waals surface area contributed by atoms with Gasteiger partial charge in [0.05, 0.1) is 11.4 Å². The molecule has 0 radical (unpaired) electrons. The molecule has 0 aliphatic rings. The van der Waals surface area contributed by atoms with Crippen molar-refractivity contribution in [3.8, 4) is 0 Å². The lowest BCUT2D eigenvalue weighted by atomic mass is 10.3. The molecule has 112 valence electrons. The number of amides is 1. The van der Waals surface area contributed by atoms with Crippen LogP contribution in [0.2, 0.25) is 0 Å². The number of nitrogens with zero attached hydrogens (tertiary/aromatic N) is 3. The Morgan fingerprint density at radius 1 is 1.33 bits per heavy atom. The third-order valence-corrected chi connectivity index (χ3v) is 3.93. The lowest BCUT2D eigenvalue weighted by Crippen LogP contribution is -2.30. The molecule has 2 aromatic heterocycles. The van der Waals surface area contributed by atoms with E-state index in [1.165, 1.54) is 11.3 Å². The lowest BCUT2D eigenvalue weighted by molar-refractivity contribution is 0.0953. The number of nitrogens with one attached hydrogen (secondary N) is 1. The highest BCUT2D eigenvalue weighted by atomic mass is 32.1. The van der Waals surface area contributed by atoms with Crippen LogP contribution in [0.3, 0.4) is 0 Å². The molecule has 1 amide bonds. The maximum atomic E-state index is 11.4. The number of hydrogen-bond donors (Lipinski definition) is 2. The van der Waals surface area contributed by atoms with Crippen LogP contribution in [0.5, 0.6) is 0 Å². The molecule has 0 aliphatic heterocycles. The normalized spacial score (nSPS) is 10.9. The van der Waals surface area contributed by atoms with Gasteiger partial charge in [-0.05, 0) is 25.6 Å². The van der Waals surface area contributed by atoms with E-state index in [2.05, 4.69) is 27.2 Å². The van der Waals surface area contributed by atoms with Crippen LogP contribution < -0.4 is 11.3 Å². The highest BCUT2D eigenvalue weighted by Gasteiger charge is 2.12. The van der Waals surface area contributed by atoms with Crippen molar-refractivity contribution < 1.29 is 4.79 Å². The van der Waals surface area contributed by atoms with Crippen molar-refractivity contribution in [1.29, 1.82) is 0 Å². The quantitative estimate of drug-likeness (QED) is 0.480. The fraction of sp³-hybridized carbons (Fsp3) is 0.357. The van der Waals surface area contributed by atoms with Gasteiger partial charge < -0.3 is 0 Å². The average molecular weight is 305 g/mol. The van der Waals surface area contributed by atoms with E-state index in [1.54, 1.807) is 0 Å². The second-order valence-electron chi connectivity index (χ2n) is 4.69. The molecule has 0 bridgehead atoms. The standard InChI is InChI=1S/C14H19N5OS/c1-3-19(7-11-6-4-5-10(2)16-11)8-12-9-21-14(17-12)13(20)18-15/h4-6,9H,3,7-8,15H2,1-2H3,(H,18,20). The van der Waals surface area contributed by atoms with E-state index in [4.69, 9.17) is 5.84 Å². The zero-order valence-electron chi connectivity index (χ0n) is 12.2. The highest BCUT2D eigenvalue weighted by Crippen LogP contribution is 2.13. The van der Waals surface area contributed by atoms with Crippen LogP contribution in [0.15, 0.2) is 23.6 Å². The van der Waals surface area contributed by atoms with Gasteiger partial charge >= 0.3 is 0 Å². The third-order valence-electron chi connectivity index (χ3n) is 3.04. The molecule has 21 heavy (non-hydrogen) atoms. The predicted molar refractivity (Wildman–Crippen MR) is 82.5 cm³/mol. The number of aryl methyl sites for hydroxylation is 1. The molecule has 7 heteroatoms. The van der Waals surface area contributed by atoms with Crippen molar-refractivity contribution in [2.24, 2.45) is 5.84 Å². The third kappa shape index (κ3) is 4.32. The topological polar surface area (TPSA) is 84.1 Å². The zero-order chi connectivity index (χ0) is 15.2. The van der Waals surface area contributed by atoms with E-state index < -0.39 is 0 Å². The Kier molecular flexibility index (Phi) is 5.38. The van der Waals surface area contributed by atoms with Gasteiger partial charge in [0.2, 0.25) is 0 Å². The van der Waals surface area contributed by atoms with E-state index in [-0.39, 0.29) is 5.91 Å². The summed E-state index contributed by atoms with van der Waals surface area (Å²) in [6.07, 6.45) is 0. The number of nitrogen functional groups attached to an aromatic ring is 1. The summed E-state index contributed by atoms with van der Waals surface area (Å²) in [4.78, 5) is 22.4. The molecule has 0 spiro atoms. The number of carbonyl (C=O) groups excluding carboxylic acids is 1. The molecule has 0 atom stereocenters. The number of pyridine rings is 1. The molecule has 6 nitrogen and oxygen atoms in total. The molecule has 2 heterocycles. The van der Waals surface area contributed by atoms with Crippen molar-refractivity contribution in [2.45, 2.75) is 26.9 Å². The van der Waals surface area contributed by atoms with Gasteiger partial charge in [-0.1, -0.05) is 13.0 Å². The molecule has 2 aromatic rings. The second kappa shape index (κ2) is 7.26. The molecule has 0 saturated carbocycles. The minimum Gasteiger partial charge on any atom is -0.292 e. The first-order chi connectivity index (χ1) is 10.1. The fourth-order valence-corrected chi connectivity index (χ4v) is 2.68. The van der Waals surface area contributed by atoms with E-state index >= 15 is 0 Å². The Hall–Kier alpha value is -1.83. The summed E-state index contributed by atoms with van der Waals surface area (Å²) in [6.45, 7) is 6.40. The SMILES string of the molecule is CCN(Cc1cccc(C)n1)Cc1csc(C(=O)NN)n1. The van der Waals surface area contributed by atoms with Crippen LogP contribution in [0.25, 0.3) is 0 Å². The van der Waals surface area contributed by atoms with Gasteiger partial charge in [0.15, 0.2) is 5.01 Å². The largest absolute Gasteiger partial charge is 0.294 e. The Morgan fingerprint density at radius 2 is 2.10 bits per heavy atom. The first-order valence-electron chi connectivity index (χ1n) is 6.72. The van der Waals surface area contributed by atoms with Crippen LogP contribution in [0.1, 0.15) is 33.8 Å². The minimum absolute atomic E-state index is 0.352. The maximum absolute atomic E-state index is 11.4. The lowest BCUT2D eigenvalue weighted by Gasteiger charge is -2.18. The molecule has 0 fully saturated rings. The van der Waals surface area contributed by atoms with Gasteiger partial charge in [0.25, 0.3) is 5.91 Å². The monoisotopic (exact) mass is 305 g/mol. The summed E-state index contributed by atoms with van der Waals surface area (Å²) in [7, 11) is 0. The van der Waals surface area contributed by atoms with Crippen molar-refractivity contribution >= 4 is 17.2 Å². The molecule has 2 rings (SSSR count). The molecule has 0 unspecified atom stereocenters. The second-order valence-corrected chi connectivity index (χ2v) is 5.55. The summed E-state index contributed by atoms with van der Waals surface area (Å²) in [5.74, 6) is 4.75. The van der Waals surface area contributed by atoms with Crippen LogP contribution in [0.4, 0.5) is 0 Å². The van der Waals surface area contributed by atoms with E-state index in [0.717, 1.165) is 30.2 Å². The number of thiazole rings is 1. The molecular weight excluding hydrogens is 286 g/mol. The minimum atomic E-state index is -0.352. The summed E-state index contributed by atoms with van der Waals surface area (Å²) < 4.78 is 0. The number of rotatable bonds is 6. The van der Waals surface area contributed by atoms with Crippen LogP contribution in [-0.4, -0.2) is 27.3 Å². The van der Waals surface area contributed by atoms with Gasteiger partial charge in [-0.2, -0.15) is 0 Å². The van der Waals surface area contributed by atoms with Crippen LogP contribution in [0, 0.1) is 6.92 Å².